The lowest BCUT2D eigenvalue weighted by Crippen LogP contribution is -2.34. The zero-order valence-corrected chi connectivity index (χ0v) is 11.2. The number of amides is 1. The fraction of sp³-hybridized carbons (Fsp3) is 0.438. The largest absolute Gasteiger partial charge is 0.388 e. The summed E-state index contributed by atoms with van der Waals surface area (Å²) >= 11 is 0. The molecule has 1 fully saturated rings. The Balaban J connectivity index is 1.81. The van der Waals surface area contributed by atoms with Gasteiger partial charge in [-0.05, 0) is 37.3 Å². The molecule has 0 saturated carbocycles. The molecule has 1 atom stereocenters. The number of carbonyl (C=O) groups is 1. The van der Waals surface area contributed by atoms with E-state index in [1.54, 1.807) is 12.2 Å². The van der Waals surface area contributed by atoms with E-state index in [1.165, 1.54) is 6.42 Å². The molecular weight excluding hydrogens is 238 g/mol. The van der Waals surface area contributed by atoms with Gasteiger partial charge in [-0.2, -0.15) is 0 Å². The Bertz CT molecular complexity index is 422. The Hall–Kier alpha value is -1.61. The molecule has 3 nitrogen and oxygen atoms in total. The van der Waals surface area contributed by atoms with E-state index in [0.29, 0.717) is 6.42 Å². The van der Waals surface area contributed by atoms with Gasteiger partial charge in [0.2, 0.25) is 5.91 Å². The third-order valence-electron chi connectivity index (χ3n) is 3.47. The van der Waals surface area contributed by atoms with E-state index < -0.39 is 6.10 Å². The van der Waals surface area contributed by atoms with E-state index in [2.05, 4.69) is 0 Å². The highest BCUT2D eigenvalue weighted by Crippen LogP contribution is 2.16. The average Bonchev–Trinajstić information content (AvgIpc) is 2.49. The Morgan fingerprint density at radius 1 is 1.21 bits per heavy atom. The fourth-order valence-corrected chi connectivity index (χ4v) is 2.33. The van der Waals surface area contributed by atoms with E-state index in [0.717, 1.165) is 31.5 Å². The molecule has 1 saturated heterocycles. The first kappa shape index (κ1) is 13.8. The van der Waals surface area contributed by atoms with Crippen molar-refractivity contribution in [2.75, 3.05) is 13.1 Å². The van der Waals surface area contributed by atoms with E-state index in [4.69, 9.17) is 0 Å². The SMILES string of the molecule is O=C(/C=C/C[C@@H](O)c1ccccc1)N1CCCCC1. The summed E-state index contributed by atoms with van der Waals surface area (Å²) in [4.78, 5) is 13.8. The molecule has 1 amide bonds. The molecule has 1 aliphatic heterocycles. The minimum atomic E-state index is -0.536. The maximum Gasteiger partial charge on any atom is 0.246 e. The minimum Gasteiger partial charge on any atom is -0.388 e. The molecule has 2 rings (SSSR count). The zero-order chi connectivity index (χ0) is 13.5. The number of piperidine rings is 1. The first-order valence-corrected chi connectivity index (χ1v) is 6.96. The summed E-state index contributed by atoms with van der Waals surface area (Å²) in [6.07, 6.45) is 6.74. The van der Waals surface area contributed by atoms with Gasteiger partial charge in [-0.15, -0.1) is 0 Å². The molecule has 102 valence electrons. The van der Waals surface area contributed by atoms with Gasteiger partial charge in [-0.25, -0.2) is 0 Å². The predicted molar refractivity (Wildman–Crippen MR) is 75.6 cm³/mol. The quantitative estimate of drug-likeness (QED) is 0.845. The van der Waals surface area contributed by atoms with Crippen molar-refractivity contribution in [3.05, 3.63) is 48.0 Å². The van der Waals surface area contributed by atoms with Gasteiger partial charge in [0.05, 0.1) is 6.10 Å². The standard InChI is InChI=1S/C16H21NO2/c18-15(14-8-3-1-4-9-14)10-7-11-16(19)17-12-5-2-6-13-17/h1,3-4,7-9,11,15,18H,2,5-6,10,12-13H2/b11-7+/t15-/m1/s1. The van der Waals surface area contributed by atoms with Crippen LogP contribution in [0.15, 0.2) is 42.5 Å². The van der Waals surface area contributed by atoms with Gasteiger partial charge in [0.25, 0.3) is 0 Å². The molecule has 3 heteroatoms. The highest BCUT2D eigenvalue weighted by Gasteiger charge is 2.13. The topological polar surface area (TPSA) is 40.5 Å². The molecule has 19 heavy (non-hydrogen) atoms. The Labute approximate surface area is 114 Å². The summed E-state index contributed by atoms with van der Waals surface area (Å²) in [6.45, 7) is 1.73. The maximum atomic E-state index is 11.9. The van der Waals surface area contributed by atoms with Crippen molar-refractivity contribution in [3.8, 4) is 0 Å². The summed E-state index contributed by atoms with van der Waals surface area (Å²) in [5, 5.41) is 9.97. The number of hydrogen-bond acceptors (Lipinski definition) is 2. The smallest absolute Gasteiger partial charge is 0.246 e. The normalized spacial score (nSPS) is 17.6. The second kappa shape index (κ2) is 7.10. The van der Waals surface area contributed by atoms with Crippen molar-refractivity contribution < 1.29 is 9.90 Å². The first-order valence-electron chi connectivity index (χ1n) is 6.96. The van der Waals surface area contributed by atoms with Crippen LogP contribution in [0.1, 0.15) is 37.4 Å². The van der Waals surface area contributed by atoms with Gasteiger partial charge in [0.15, 0.2) is 0 Å². The summed E-state index contributed by atoms with van der Waals surface area (Å²) < 4.78 is 0. The van der Waals surface area contributed by atoms with Crippen molar-refractivity contribution in [1.82, 2.24) is 4.90 Å². The third kappa shape index (κ3) is 4.21. The van der Waals surface area contributed by atoms with Crippen LogP contribution < -0.4 is 0 Å². The monoisotopic (exact) mass is 259 g/mol. The number of nitrogens with zero attached hydrogens (tertiary/aromatic N) is 1. The van der Waals surface area contributed by atoms with Crippen LogP contribution in [0.2, 0.25) is 0 Å². The van der Waals surface area contributed by atoms with Gasteiger partial charge in [0.1, 0.15) is 0 Å². The van der Waals surface area contributed by atoms with Crippen LogP contribution in [-0.4, -0.2) is 29.0 Å². The predicted octanol–water partition coefficient (Wildman–Crippen LogP) is 2.68. The van der Waals surface area contributed by atoms with Crippen LogP contribution in [-0.2, 0) is 4.79 Å². The summed E-state index contributed by atoms with van der Waals surface area (Å²) in [5.41, 5.74) is 0.887. The number of aliphatic hydroxyl groups excluding tert-OH is 1. The van der Waals surface area contributed by atoms with Crippen molar-refractivity contribution >= 4 is 5.91 Å². The van der Waals surface area contributed by atoms with Crippen LogP contribution in [0, 0.1) is 0 Å². The van der Waals surface area contributed by atoms with Crippen LogP contribution in [0.4, 0.5) is 0 Å². The number of rotatable bonds is 4. The van der Waals surface area contributed by atoms with E-state index in [1.807, 2.05) is 35.2 Å². The number of likely N-dealkylation sites (tertiary alicyclic amines) is 1. The zero-order valence-electron chi connectivity index (χ0n) is 11.2. The lowest BCUT2D eigenvalue weighted by atomic mass is 10.1. The van der Waals surface area contributed by atoms with Crippen molar-refractivity contribution in [1.29, 1.82) is 0 Å². The minimum absolute atomic E-state index is 0.0694. The van der Waals surface area contributed by atoms with Gasteiger partial charge in [-0.3, -0.25) is 4.79 Å². The molecule has 0 unspecified atom stereocenters. The Kier molecular flexibility index (Phi) is 5.16. The van der Waals surface area contributed by atoms with Crippen LogP contribution in [0.5, 0.6) is 0 Å². The van der Waals surface area contributed by atoms with Gasteiger partial charge in [-0.1, -0.05) is 36.4 Å². The molecule has 0 radical (unpaired) electrons. The Morgan fingerprint density at radius 2 is 1.89 bits per heavy atom. The molecule has 1 N–H and O–H groups in total. The van der Waals surface area contributed by atoms with Crippen LogP contribution in [0.3, 0.4) is 0 Å². The first-order chi connectivity index (χ1) is 9.27. The maximum absolute atomic E-state index is 11.9. The summed E-state index contributed by atoms with van der Waals surface area (Å²) in [5.74, 6) is 0.0694. The molecule has 0 aromatic heterocycles. The van der Waals surface area contributed by atoms with E-state index in [9.17, 15) is 9.90 Å². The number of carbonyl (C=O) groups excluding carboxylic acids is 1. The van der Waals surface area contributed by atoms with Gasteiger partial charge >= 0.3 is 0 Å². The third-order valence-corrected chi connectivity index (χ3v) is 3.47. The van der Waals surface area contributed by atoms with Gasteiger partial charge < -0.3 is 10.0 Å². The lowest BCUT2D eigenvalue weighted by molar-refractivity contribution is -0.126. The molecule has 0 aliphatic carbocycles. The Morgan fingerprint density at radius 3 is 2.58 bits per heavy atom. The summed E-state index contributed by atoms with van der Waals surface area (Å²) in [6, 6.07) is 9.52. The second-order valence-electron chi connectivity index (χ2n) is 4.95. The van der Waals surface area contributed by atoms with Crippen molar-refractivity contribution in [2.45, 2.75) is 31.8 Å². The molecule has 1 aromatic carbocycles. The molecule has 0 bridgehead atoms. The molecule has 1 heterocycles. The lowest BCUT2D eigenvalue weighted by Gasteiger charge is -2.25. The molecule has 1 aliphatic rings. The fourth-order valence-electron chi connectivity index (χ4n) is 2.33. The second-order valence-corrected chi connectivity index (χ2v) is 4.95. The van der Waals surface area contributed by atoms with E-state index in [-0.39, 0.29) is 5.91 Å². The van der Waals surface area contributed by atoms with E-state index >= 15 is 0 Å². The highest BCUT2D eigenvalue weighted by atomic mass is 16.3. The summed E-state index contributed by atoms with van der Waals surface area (Å²) in [7, 11) is 0. The van der Waals surface area contributed by atoms with Crippen LogP contribution >= 0.6 is 0 Å². The number of benzene rings is 1. The van der Waals surface area contributed by atoms with Crippen molar-refractivity contribution in [3.63, 3.8) is 0 Å². The molecule has 1 aromatic rings. The van der Waals surface area contributed by atoms with Gasteiger partial charge in [0, 0.05) is 13.1 Å². The highest BCUT2D eigenvalue weighted by molar-refractivity contribution is 5.87. The van der Waals surface area contributed by atoms with Crippen molar-refractivity contribution in [2.24, 2.45) is 0 Å². The number of hydrogen-bond donors (Lipinski definition) is 1. The van der Waals surface area contributed by atoms with Crippen LogP contribution in [0.25, 0.3) is 0 Å². The number of aliphatic hydroxyl groups is 1. The molecule has 0 spiro atoms. The average molecular weight is 259 g/mol. The molecular formula is C16H21NO2.